The van der Waals surface area contributed by atoms with Gasteiger partial charge in [0.1, 0.15) is 18.2 Å². The van der Waals surface area contributed by atoms with Gasteiger partial charge < -0.3 is 9.72 Å². The first-order valence-corrected chi connectivity index (χ1v) is 11.2. The topological polar surface area (TPSA) is 41.2 Å². The van der Waals surface area contributed by atoms with E-state index in [1.54, 1.807) is 6.07 Å². The van der Waals surface area contributed by atoms with Crippen molar-refractivity contribution in [3.63, 3.8) is 0 Å². The van der Waals surface area contributed by atoms with Crippen molar-refractivity contribution in [1.29, 1.82) is 0 Å². The third-order valence-electron chi connectivity index (χ3n) is 6.37. The Labute approximate surface area is 206 Å². The van der Waals surface area contributed by atoms with Crippen LogP contribution in [0.5, 0.6) is 5.75 Å². The number of hydrogen-bond donors (Lipinski definition) is 1. The van der Waals surface area contributed by atoms with Crippen LogP contribution in [-0.4, -0.2) is 40.6 Å². The molecule has 1 aliphatic heterocycles. The molecule has 0 amide bonds. The van der Waals surface area contributed by atoms with Crippen molar-refractivity contribution in [1.82, 2.24) is 14.9 Å². The molecule has 0 saturated carbocycles. The van der Waals surface area contributed by atoms with Crippen LogP contribution in [0.2, 0.25) is 0 Å². The molecule has 1 atom stereocenters. The molecule has 1 unspecified atom stereocenters. The second-order valence-electron chi connectivity index (χ2n) is 8.42. The largest absolute Gasteiger partial charge is 0.492 e. The molecule has 0 radical (unpaired) electrons. The molecule has 33 heavy (non-hydrogen) atoms. The number of aryl methyl sites for hydroxylation is 1. The number of hydrogen-bond acceptors (Lipinski definition) is 3. The molecular weight excluding hydrogens is 460 g/mol. The molecule has 3 heterocycles. The van der Waals surface area contributed by atoms with Gasteiger partial charge in [0.15, 0.2) is 0 Å². The van der Waals surface area contributed by atoms with Crippen molar-refractivity contribution in [2.45, 2.75) is 38.6 Å². The van der Waals surface area contributed by atoms with Crippen molar-refractivity contribution in [3.05, 3.63) is 71.8 Å². The molecule has 0 spiro atoms. The summed E-state index contributed by atoms with van der Waals surface area (Å²) < 4.78 is 19.9. The van der Waals surface area contributed by atoms with E-state index in [1.807, 2.05) is 30.6 Å². The molecule has 2 aromatic heterocycles. The Balaban J connectivity index is 0.00000153. The van der Waals surface area contributed by atoms with Crippen LogP contribution in [0.4, 0.5) is 4.39 Å². The number of benzene rings is 2. The van der Waals surface area contributed by atoms with Gasteiger partial charge in [-0.05, 0) is 80.7 Å². The fourth-order valence-corrected chi connectivity index (χ4v) is 4.85. The zero-order valence-corrected chi connectivity index (χ0v) is 20.4. The second-order valence-corrected chi connectivity index (χ2v) is 8.42. The van der Waals surface area contributed by atoms with E-state index < -0.39 is 0 Å². The molecule has 1 N–H and O–H groups in total. The van der Waals surface area contributed by atoms with Crippen molar-refractivity contribution >= 4 is 46.6 Å². The van der Waals surface area contributed by atoms with Gasteiger partial charge in [-0.3, -0.25) is 9.88 Å². The number of halogens is 3. The normalized spacial score (nSPS) is 15.1. The Morgan fingerprint density at radius 3 is 2.85 bits per heavy atom. The van der Waals surface area contributed by atoms with Gasteiger partial charge in [0.05, 0.1) is 5.52 Å². The average molecular weight is 490 g/mol. The Morgan fingerprint density at radius 2 is 2.00 bits per heavy atom. The molecule has 0 fully saturated rings. The molecule has 4 nitrogen and oxygen atoms in total. The number of aromatic nitrogens is 2. The molecule has 176 valence electrons. The third-order valence-corrected chi connectivity index (χ3v) is 6.37. The highest BCUT2D eigenvalue weighted by atomic mass is 35.5. The molecule has 2 aromatic carbocycles. The quantitative estimate of drug-likeness (QED) is 0.328. The monoisotopic (exact) mass is 489 g/mol. The molecule has 5 rings (SSSR count). The van der Waals surface area contributed by atoms with Crippen LogP contribution in [0.15, 0.2) is 54.9 Å². The lowest BCUT2D eigenvalue weighted by atomic mass is 9.96. The Hall–Kier alpha value is -2.34. The highest BCUT2D eigenvalue weighted by molar-refractivity contribution is 5.86. The maximum absolute atomic E-state index is 13.7. The predicted molar refractivity (Wildman–Crippen MR) is 138 cm³/mol. The van der Waals surface area contributed by atoms with Gasteiger partial charge in [-0.25, -0.2) is 4.39 Å². The zero-order chi connectivity index (χ0) is 21.2. The molecule has 1 aliphatic rings. The maximum Gasteiger partial charge on any atom is 0.123 e. The van der Waals surface area contributed by atoms with Crippen LogP contribution in [0.3, 0.4) is 0 Å². The Morgan fingerprint density at radius 1 is 1.12 bits per heavy atom. The van der Waals surface area contributed by atoms with E-state index in [0.29, 0.717) is 6.04 Å². The number of H-pyrrole nitrogens is 1. The summed E-state index contributed by atoms with van der Waals surface area (Å²) in [5.41, 5.74) is 4.49. The third kappa shape index (κ3) is 5.26. The highest BCUT2D eigenvalue weighted by Gasteiger charge is 2.26. The average Bonchev–Trinajstić information content (AvgIpc) is 3.20. The SMILES string of the molecule is CCCN(CCCc1c[nH]c2ccc(F)cc12)C1COc2ccc3ncccc3c2C1.Cl.Cl. The number of aromatic amines is 1. The summed E-state index contributed by atoms with van der Waals surface area (Å²) in [6.45, 7) is 5.00. The van der Waals surface area contributed by atoms with Crippen LogP contribution in [-0.2, 0) is 12.8 Å². The van der Waals surface area contributed by atoms with E-state index in [-0.39, 0.29) is 30.6 Å². The van der Waals surface area contributed by atoms with Gasteiger partial charge in [-0.15, -0.1) is 24.8 Å². The van der Waals surface area contributed by atoms with E-state index in [2.05, 4.69) is 33.9 Å². The van der Waals surface area contributed by atoms with Crippen molar-refractivity contribution in [2.24, 2.45) is 0 Å². The number of pyridine rings is 1. The van der Waals surface area contributed by atoms with Gasteiger partial charge in [0.25, 0.3) is 0 Å². The minimum atomic E-state index is -0.180. The van der Waals surface area contributed by atoms with Crippen LogP contribution in [0, 0.1) is 5.82 Å². The molecular formula is C26H30Cl2FN3O. The summed E-state index contributed by atoms with van der Waals surface area (Å²) in [7, 11) is 0. The summed E-state index contributed by atoms with van der Waals surface area (Å²) in [6, 6.07) is 13.6. The second kappa shape index (κ2) is 11.2. The van der Waals surface area contributed by atoms with Gasteiger partial charge in [0.2, 0.25) is 0 Å². The van der Waals surface area contributed by atoms with Crippen LogP contribution in [0.1, 0.15) is 30.9 Å². The molecule has 4 aromatic rings. The van der Waals surface area contributed by atoms with Crippen molar-refractivity contribution in [2.75, 3.05) is 19.7 Å². The molecule has 0 bridgehead atoms. The number of nitrogens with one attached hydrogen (secondary N) is 1. The first kappa shape index (κ1) is 25.3. The smallest absolute Gasteiger partial charge is 0.123 e. The van der Waals surface area contributed by atoms with Gasteiger partial charge in [-0.2, -0.15) is 0 Å². The van der Waals surface area contributed by atoms with Gasteiger partial charge >= 0.3 is 0 Å². The predicted octanol–water partition coefficient (Wildman–Crippen LogP) is 6.35. The number of nitrogens with zero attached hydrogens (tertiary/aromatic N) is 2. The summed E-state index contributed by atoms with van der Waals surface area (Å²) >= 11 is 0. The summed E-state index contributed by atoms with van der Waals surface area (Å²) in [4.78, 5) is 10.3. The van der Waals surface area contributed by atoms with E-state index in [9.17, 15) is 4.39 Å². The highest BCUT2D eigenvalue weighted by Crippen LogP contribution is 2.32. The Kier molecular flexibility index (Phi) is 8.57. The molecule has 0 aliphatic carbocycles. The van der Waals surface area contributed by atoms with E-state index in [4.69, 9.17) is 4.74 Å². The molecule has 7 heteroatoms. The van der Waals surface area contributed by atoms with Crippen LogP contribution in [0.25, 0.3) is 21.8 Å². The first-order valence-electron chi connectivity index (χ1n) is 11.2. The fourth-order valence-electron chi connectivity index (χ4n) is 4.85. The number of fused-ring (bicyclic) bond motifs is 4. The van der Waals surface area contributed by atoms with Gasteiger partial charge in [0, 0.05) is 40.3 Å². The fraction of sp³-hybridized carbons (Fsp3) is 0.346. The lowest BCUT2D eigenvalue weighted by Gasteiger charge is -2.35. The van der Waals surface area contributed by atoms with E-state index in [0.717, 1.165) is 67.5 Å². The summed E-state index contributed by atoms with van der Waals surface area (Å²) in [5.74, 6) is 0.815. The van der Waals surface area contributed by atoms with Crippen molar-refractivity contribution in [3.8, 4) is 5.75 Å². The summed E-state index contributed by atoms with van der Waals surface area (Å²) in [5, 5.41) is 2.19. The Bertz CT molecular complexity index is 1210. The van der Waals surface area contributed by atoms with Crippen LogP contribution >= 0.6 is 24.8 Å². The standard InChI is InChI=1S/C26H28FN3O.2ClH/c1-2-12-30(13-4-5-18-16-29-25-8-7-19(27)14-22(18)25)20-15-23-21-6-3-11-28-24(21)9-10-26(23)31-17-20;;/h3,6-11,14,16,20,29H,2,4-5,12-13,15,17H2,1H3;2*1H. The number of ether oxygens (including phenoxy) is 1. The van der Waals surface area contributed by atoms with Crippen molar-refractivity contribution < 1.29 is 9.13 Å². The van der Waals surface area contributed by atoms with E-state index >= 15 is 0 Å². The minimum absolute atomic E-state index is 0. The van der Waals surface area contributed by atoms with Crippen LogP contribution < -0.4 is 4.74 Å². The van der Waals surface area contributed by atoms with E-state index in [1.165, 1.54) is 22.6 Å². The summed E-state index contributed by atoms with van der Waals surface area (Å²) in [6.07, 6.45) is 7.92. The maximum atomic E-state index is 13.7. The first-order chi connectivity index (χ1) is 15.2. The molecule has 0 saturated heterocycles. The number of rotatable bonds is 7. The lowest BCUT2D eigenvalue weighted by Crippen LogP contribution is -2.44. The zero-order valence-electron chi connectivity index (χ0n) is 18.7. The van der Waals surface area contributed by atoms with Gasteiger partial charge in [-0.1, -0.05) is 13.0 Å². The minimum Gasteiger partial charge on any atom is -0.492 e. The lowest BCUT2D eigenvalue weighted by molar-refractivity contribution is 0.118.